The highest BCUT2D eigenvalue weighted by atomic mass is 35.5. The van der Waals surface area contributed by atoms with Crippen LogP contribution in [0.4, 0.5) is 5.82 Å². The van der Waals surface area contributed by atoms with E-state index >= 15 is 0 Å². The molecule has 1 aromatic heterocycles. The Hall–Kier alpha value is -2.86. The predicted molar refractivity (Wildman–Crippen MR) is 122 cm³/mol. The summed E-state index contributed by atoms with van der Waals surface area (Å²) in [4.78, 5) is 32.7. The number of nitrogens with one attached hydrogen (secondary N) is 1. The second kappa shape index (κ2) is 8.94. The molecule has 5 rings (SSSR count). The standard InChI is InChI=1S/C25H26ClN3O3/c26-19-10-6-9-17-14-18-15-29(25(31)23(18)32-22(17)19)20(13-16-7-2-1-3-8-16)24(30)28-21-11-4-5-12-27-21/h4-6,9-12,16,20H,1-3,7-8,13-15H2,(H,27,28,30). The van der Waals surface area contributed by atoms with Gasteiger partial charge in [-0.3, -0.25) is 9.59 Å². The Morgan fingerprint density at radius 2 is 2.03 bits per heavy atom. The fourth-order valence-electron chi connectivity index (χ4n) is 5.03. The van der Waals surface area contributed by atoms with E-state index in [1.54, 1.807) is 29.3 Å². The summed E-state index contributed by atoms with van der Waals surface area (Å²) in [5.74, 6) is 1.36. The molecule has 166 valence electrons. The van der Waals surface area contributed by atoms with Crippen molar-refractivity contribution in [2.45, 2.75) is 51.0 Å². The zero-order valence-corrected chi connectivity index (χ0v) is 18.6. The van der Waals surface area contributed by atoms with E-state index in [2.05, 4.69) is 10.3 Å². The average Bonchev–Trinajstić information content (AvgIpc) is 3.13. The number of hydrogen-bond acceptors (Lipinski definition) is 4. The molecule has 0 radical (unpaired) electrons. The van der Waals surface area contributed by atoms with E-state index in [1.165, 1.54) is 19.3 Å². The summed E-state index contributed by atoms with van der Waals surface area (Å²) in [5.41, 5.74) is 1.87. The monoisotopic (exact) mass is 451 g/mol. The maximum atomic E-state index is 13.4. The number of benzene rings is 1. The van der Waals surface area contributed by atoms with Gasteiger partial charge in [-0.15, -0.1) is 0 Å². The van der Waals surface area contributed by atoms with E-state index in [-0.39, 0.29) is 11.8 Å². The summed E-state index contributed by atoms with van der Waals surface area (Å²) < 4.78 is 5.98. The van der Waals surface area contributed by atoms with E-state index in [0.29, 0.717) is 47.7 Å². The summed E-state index contributed by atoms with van der Waals surface area (Å²) in [6.45, 7) is 0.396. The summed E-state index contributed by atoms with van der Waals surface area (Å²) in [6.07, 6.45) is 8.69. The van der Waals surface area contributed by atoms with Crippen LogP contribution in [0.1, 0.15) is 44.1 Å². The van der Waals surface area contributed by atoms with Gasteiger partial charge < -0.3 is 15.0 Å². The third kappa shape index (κ3) is 4.11. The van der Waals surface area contributed by atoms with Gasteiger partial charge in [-0.1, -0.05) is 61.9 Å². The number of anilines is 1. The molecule has 0 bridgehead atoms. The van der Waals surface area contributed by atoms with Crippen molar-refractivity contribution >= 4 is 29.2 Å². The first-order valence-corrected chi connectivity index (χ1v) is 11.7. The van der Waals surface area contributed by atoms with Gasteiger partial charge >= 0.3 is 0 Å². The van der Waals surface area contributed by atoms with Crippen LogP contribution in [0.25, 0.3) is 0 Å². The zero-order chi connectivity index (χ0) is 22.1. The van der Waals surface area contributed by atoms with Crippen LogP contribution in [-0.2, 0) is 16.0 Å². The van der Waals surface area contributed by atoms with Crippen LogP contribution in [0.2, 0.25) is 5.02 Å². The molecule has 1 N–H and O–H groups in total. The molecule has 3 aliphatic rings. The van der Waals surface area contributed by atoms with E-state index in [4.69, 9.17) is 16.3 Å². The number of rotatable bonds is 5. The molecular formula is C25H26ClN3O3. The Balaban J connectivity index is 1.38. The second-order valence-corrected chi connectivity index (χ2v) is 9.24. The SMILES string of the molecule is O=C(Nc1ccccn1)C(CC1CCCCC1)N1CC2=C(Oc3c(Cl)cccc3C2)C1=O. The van der Waals surface area contributed by atoms with Crippen molar-refractivity contribution in [1.29, 1.82) is 0 Å². The van der Waals surface area contributed by atoms with Crippen molar-refractivity contribution in [3.8, 4) is 5.75 Å². The number of para-hydroxylation sites is 1. The largest absolute Gasteiger partial charge is 0.450 e. The van der Waals surface area contributed by atoms with E-state index < -0.39 is 6.04 Å². The van der Waals surface area contributed by atoms with Crippen molar-refractivity contribution in [3.05, 3.63) is 64.5 Å². The molecule has 2 aliphatic heterocycles. The van der Waals surface area contributed by atoms with Crippen LogP contribution >= 0.6 is 11.6 Å². The number of aromatic nitrogens is 1. The van der Waals surface area contributed by atoms with Crippen LogP contribution in [-0.4, -0.2) is 34.3 Å². The molecule has 1 fully saturated rings. The average molecular weight is 452 g/mol. The minimum atomic E-state index is -0.569. The van der Waals surface area contributed by atoms with Crippen LogP contribution in [0.3, 0.4) is 0 Å². The number of carbonyl (C=O) groups excluding carboxylic acids is 2. The quantitative estimate of drug-likeness (QED) is 0.712. The molecule has 0 saturated heterocycles. The van der Waals surface area contributed by atoms with Gasteiger partial charge in [0.2, 0.25) is 5.91 Å². The molecule has 0 spiro atoms. The number of fused-ring (bicyclic) bond motifs is 1. The Morgan fingerprint density at radius 1 is 1.19 bits per heavy atom. The third-order valence-electron chi connectivity index (χ3n) is 6.67. The molecular weight excluding hydrogens is 426 g/mol. The molecule has 2 amide bonds. The van der Waals surface area contributed by atoms with E-state index in [9.17, 15) is 9.59 Å². The highest BCUT2D eigenvalue weighted by molar-refractivity contribution is 6.32. The lowest BCUT2D eigenvalue weighted by atomic mass is 9.84. The maximum Gasteiger partial charge on any atom is 0.290 e. The molecule has 1 atom stereocenters. The van der Waals surface area contributed by atoms with Gasteiger partial charge in [0, 0.05) is 30.3 Å². The molecule has 1 unspecified atom stereocenters. The van der Waals surface area contributed by atoms with Crippen LogP contribution in [0, 0.1) is 5.92 Å². The zero-order valence-electron chi connectivity index (χ0n) is 17.9. The smallest absolute Gasteiger partial charge is 0.290 e. The number of ether oxygens (including phenoxy) is 1. The van der Waals surface area contributed by atoms with Gasteiger partial charge in [0.1, 0.15) is 17.6 Å². The first-order chi connectivity index (χ1) is 15.6. The molecule has 7 heteroatoms. The Morgan fingerprint density at radius 3 is 2.81 bits per heavy atom. The molecule has 1 aromatic carbocycles. The number of amides is 2. The van der Waals surface area contributed by atoms with E-state index in [0.717, 1.165) is 24.0 Å². The predicted octanol–water partition coefficient (Wildman–Crippen LogP) is 4.74. The van der Waals surface area contributed by atoms with Crippen molar-refractivity contribution in [3.63, 3.8) is 0 Å². The van der Waals surface area contributed by atoms with Gasteiger partial charge in [0.25, 0.3) is 5.91 Å². The van der Waals surface area contributed by atoms with Gasteiger partial charge in [0.15, 0.2) is 5.76 Å². The number of carbonyl (C=O) groups is 2. The molecule has 1 aliphatic carbocycles. The van der Waals surface area contributed by atoms with Crippen molar-refractivity contribution in [2.75, 3.05) is 11.9 Å². The van der Waals surface area contributed by atoms with Gasteiger partial charge in [0.05, 0.1) is 5.02 Å². The number of hydrogen-bond donors (Lipinski definition) is 1. The fourth-order valence-corrected chi connectivity index (χ4v) is 5.27. The summed E-state index contributed by atoms with van der Waals surface area (Å²) in [7, 11) is 0. The maximum absolute atomic E-state index is 13.4. The molecule has 32 heavy (non-hydrogen) atoms. The van der Waals surface area contributed by atoms with Gasteiger partial charge in [-0.25, -0.2) is 4.98 Å². The second-order valence-electron chi connectivity index (χ2n) is 8.83. The van der Waals surface area contributed by atoms with E-state index in [1.807, 2.05) is 18.2 Å². The minimum absolute atomic E-state index is 0.196. The highest BCUT2D eigenvalue weighted by Crippen LogP contribution is 2.40. The summed E-state index contributed by atoms with van der Waals surface area (Å²) >= 11 is 6.31. The van der Waals surface area contributed by atoms with Crippen molar-refractivity contribution in [2.24, 2.45) is 5.92 Å². The Labute approximate surface area is 192 Å². The Kier molecular flexibility index (Phi) is 5.87. The molecule has 1 saturated carbocycles. The van der Waals surface area contributed by atoms with Crippen LogP contribution in [0.5, 0.6) is 5.75 Å². The fraction of sp³-hybridized carbons (Fsp3) is 0.400. The lowest BCUT2D eigenvalue weighted by Crippen LogP contribution is -2.47. The molecule has 6 nitrogen and oxygen atoms in total. The minimum Gasteiger partial charge on any atom is -0.450 e. The topological polar surface area (TPSA) is 71.5 Å². The summed E-state index contributed by atoms with van der Waals surface area (Å²) in [6, 6.07) is 10.4. The van der Waals surface area contributed by atoms with Crippen LogP contribution < -0.4 is 10.1 Å². The normalized spacial score (nSPS) is 19.3. The lowest BCUT2D eigenvalue weighted by molar-refractivity contribution is -0.135. The van der Waals surface area contributed by atoms with Gasteiger partial charge in [-0.2, -0.15) is 0 Å². The van der Waals surface area contributed by atoms with Gasteiger partial charge in [-0.05, 0) is 30.5 Å². The number of nitrogens with zero attached hydrogens (tertiary/aromatic N) is 2. The Bertz CT molecular complexity index is 1060. The van der Waals surface area contributed by atoms with Crippen molar-refractivity contribution < 1.29 is 14.3 Å². The molecule has 2 aromatic rings. The first-order valence-electron chi connectivity index (χ1n) is 11.3. The molecule has 3 heterocycles. The van der Waals surface area contributed by atoms with Crippen molar-refractivity contribution in [1.82, 2.24) is 9.88 Å². The summed E-state index contributed by atoms with van der Waals surface area (Å²) in [5, 5.41) is 3.40. The number of pyridine rings is 1. The number of halogens is 1. The lowest BCUT2D eigenvalue weighted by Gasteiger charge is -2.31. The highest BCUT2D eigenvalue weighted by Gasteiger charge is 2.42. The van der Waals surface area contributed by atoms with Crippen LogP contribution in [0.15, 0.2) is 53.9 Å². The first kappa shape index (κ1) is 21.0. The third-order valence-corrected chi connectivity index (χ3v) is 6.97.